The van der Waals surface area contributed by atoms with E-state index in [4.69, 9.17) is 9.84 Å². The van der Waals surface area contributed by atoms with E-state index in [1.165, 1.54) is 30.4 Å². The molecule has 0 amide bonds. The van der Waals surface area contributed by atoms with Gasteiger partial charge in [-0.15, -0.1) is 0 Å². The Kier molecular flexibility index (Phi) is 2.55. The lowest BCUT2D eigenvalue weighted by atomic mass is 10.2. The molecule has 1 heterocycles. The van der Waals surface area contributed by atoms with Crippen molar-refractivity contribution < 1.29 is 14.6 Å². The number of carbonyl (C=O) groups is 1. The van der Waals surface area contributed by atoms with Crippen LogP contribution in [0.5, 0.6) is 5.75 Å². The lowest BCUT2D eigenvalue weighted by molar-refractivity contribution is 0.0696. The lowest BCUT2D eigenvalue weighted by Gasteiger charge is -2.06. The van der Waals surface area contributed by atoms with Crippen LogP contribution in [0.3, 0.4) is 0 Å². The minimum absolute atomic E-state index is 0.122. The molecule has 0 aliphatic heterocycles. The number of methoxy groups -OCH3 is 1. The van der Waals surface area contributed by atoms with Crippen molar-refractivity contribution in [1.29, 1.82) is 0 Å². The number of nitrogens with zero attached hydrogens (tertiary/aromatic N) is 3. The van der Waals surface area contributed by atoms with Gasteiger partial charge in [-0.3, -0.25) is 0 Å². The summed E-state index contributed by atoms with van der Waals surface area (Å²) in [5, 5.41) is 16.8. The van der Waals surface area contributed by atoms with Crippen LogP contribution in [-0.4, -0.2) is 33.2 Å². The Bertz CT molecular complexity index is 508. The number of aromatic carboxylic acids is 1. The topological polar surface area (TPSA) is 77.2 Å². The molecule has 0 saturated heterocycles. The second-order valence-electron chi connectivity index (χ2n) is 3.01. The summed E-state index contributed by atoms with van der Waals surface area (Å²) in [5.41, 5.74) is 0.494. The molecule has 0 unspecified atom stereocenters. The van der Waals surface area contributed by atoms with Crippen molar-refractivity contribution in [2.75, 3.05) is 7.11 Å². The molecule has 2 rings (SSSR count). The Morgan fingerprint density at radius 3 is 2.62 bits per heavy atom. The highest BCUT2D eigenvalue weighted by molar-refractivity contribution is 5.92. The number of ether oxygens (including phenoxy) is 1. The third-order valence-corrected chi connectivity index (χ3v) is 2.07. The van der Waals surface area contributed by atoms with E-state index in [1.54, 1.807) is 12.1 Å². The van der Waals surface area contributed by atoms with E-state index in [2.05, 4.69) is 10.2 Å². The van der Waals surface area contributed by atoms with Gasteiger partial charge >= 0.3 is 5.97 Å². The maximum absolute atomic E-state index is 11.0. The molecule has 0 spiro atoms. The van der Waals surface area contributed by atoms with Crippen molar-refractivity contribution in [1.82, 2.24) is 15.0 Å². The maximum atomic E-state index is 11.0. The molecular weight excluding hydrogens is 210 g/mol. The molecule has 6 heteroatoms. The Morgan fingerprint density at radius 1 is 1.38 bits per heavy atom. The summed E-state index contributed by atoms with van der Waals surface area (Å²) < 4.78 is 5.03. The summed E-state index contributed by atoms with van der Waals surface area (Å²) in [5.74, 6) is -0.479. The van der Waals surface area contributed by atoms with Crippen LogP contribution in [0.1, 0.15) is 10.4 Å². The van der Waals surface area contributed by atoms with E-state index in [0.29, 0.717) is 11.4 Å². The summed E-state index contributed by atoms with van der Waals surface area (Å²) in [6.45, 7) is 0. The first-order valence-electron chi connectivity index (χ1n) is 4.50. The van der Waals surface area contributed by atoms with Crippen molar-refractivity contribution in [2.45, 2.75) is 0 Å². The number of rotatable bonds is 3. The average Bonchev–Trinajstić information content (AvgIpc) is 2.81. The molecule has 0 aliphatic carbocycles. The Hall–Kier alpha value is -2.37. The van der Waals surface area contributed by atoms with Gasteiger partial charge in [-0.1, -0.05) is 0 Å². The molecule has 1 aromatic carbocycles. The van der Waals surface area contributed by atoms with Gasteiger partial charge in [-0.2, -0.15) is 15.0 Å². The molecule has 2 aromatic rings. The Labute approximate surface area is 91.1 Å². The summed E-state index contributed by atoms with van der Waals surface area (Å²) in [4.78, 5) is 12.2. The maximum Gasteiger partial charge on any atom is 0.337 e. The second kappa shape index (κ2) is 4.01. The third-order valence-electron chi connectivity index (χ3n) is 2.07. The van der Waals surface area contributed by atoms with Crippen molar-refractivity contribution in [3.63, 3.8) is 0 Å². The molecule has 0 radical (unpaired) electrons. The van der Waals surface area contributed by atoms with E-state index in [0.717, 1.165) is 0 Å². The number of carboxylic acid groups (broad SMARTS) is 1. The summed E-state index contributed by atoms with van der Waals surface area (Å²) in [7, 11) is 1.51. The fraction of sp³-hybridized carbons (Fsp3) is 0.100. The molecule has 1 N–H and O–H groups in total. The van der Waals surface area contributed by atoms with Crippen LogP contribution in [0.25, 0.3) is 5.69 Å². The van der Waals surface area contributed by atoms with E-state index in [9.17, 15) is 4.79 Å². The van der Waals surface area contributed by atoms with Gasteiger partial charge in [-0.25, -0.2) is 4.79 Å². The zero-order valence-electron chi connectivity index (χ0n) is 8.49. The largest absolute Gasteiger partial charge is 0.497 e. The predicted molar refractivity (Wildman–Crippen MR) is 54.9 cm³/mol. The van der Waals surface area contributed by atoms with Crippen LogP contribution >= 0.6 is 0 Å². The molecule has 0 aliphatic rings. The SMILES string of the molecule is COc1ccc(C(=O)O)c(-n2nccn2)c1. The molecule has 0 bridgehead atoms. The molecule has 1 aromatic heterocycles. The molecule has 0 atom stereocenters. The van der Waals surface area contributed by atoms with Gasteiger partial charge in [0.1, 0.15) is 11.4 Å². The zero-order valence-corrected chi connectivity index (χ0v) is 8.49. The van der Waals surface area contributed by atoms with Gasteiger partial charge in [0.15, 0.2) is 0 Å². The van der Waals surface area contributed by atoms with Gasteiger partial charge in [0.2, 0.25) is 0 Å². The molecule has 0 fully saturated rings. The number of aromatic nitrogens is 3. The smallest absolute Gasteiger partial charge is 0.337 e. The van der Waals surface area contributed by atoms with Crippen LogP contribution in [0.15, 0.2) is 30.6 Å². The highest BCUT2D eigenvalue weighted by Crippen LogP contribution is 2.20. The third kappa shape index (κ3) is 1.72. The van der Waals surface area contributed by atoms with Crippen LogP contribution in [-0.2, 0) is 0 Å². The minimum Gasteiger partial charge on any atom is -0.497 e. The number of carboxylic acids is 1. The van der Waals surface area contributed by atoms with Crippen molar-refractivity contribution in [3.05, 3.63) is 36.2 Å². The van der Waals surface area contributed by atoms with Crippen LogP contribution in [0.4, 0.5) is 0 Å². The highest BCUT2D eigenvalue weighted by atomic mass is 16.5. The summed E-state index contributed by atoms with van der Waals surface area (Å²) >= 11 is 0. The average molecular weight is 219 g/mol. The summed E-state index contributed by atoms with van der Waals surface area (Å²) in [6.07, 6.45) is 2.95. The van der Waals surface area contributed by atoms with Gasteiger partial charge in [-0.05, 0) is 12.1 Å². The van der Waals surface area contributed by atoms with Gasteiger partial charge in [0, 0.05) is 6.07 Å². The monoisotopic (exact) mass is 219 g/mol. The van der Waals surface area contributed by atoms with E-state index in [-0.39, 0.29) is 5.56 Å². The van der Waals surface area contributed by atoms with Gasteiger partial charge in [0.05, 0.1) is 25.1 Å². The normalized spacial score (nSPS) is 10.1. The minimum atomic E-state index is -1.03. The van der Waals surface area contributed by atoms with E-state index < -0.39 is 5.97 Å². The van der Waals surface area contributed by atoms with Gasteiger partial charge in [0.25, 0.3) is 0 Å². The number of hydrogen-bond acceptors (Lipinski definition) is 4. The van der Waals surface area contributed by atoms with Crippen molar-refractivity contribution in [2.24, 2.45) is 0 Å². The van der Waals surface area contributed by atoms with Crippen molar-refractivity contribution in [3.8, 4) is 11.4 Å². The second-order valence-corrected chi connectivity index (χ2v) is 3.01. The highest BCUT2D eigenvalue weighted by Gasteiger charge is 2.13. The van der Waals surface area contributed by atoms with Crippen LogP contribution in [0, 0.1) is 0 Å². The van der Waals surface area contributed by atoms with E-state index >= 15 is 0 Å². The van der Waals surface area contributed by atoms with Crippen molar-refractivity contribution >= 4 is 5.97 Å². The Balaban J connectivity index is 2.59. The zero-order chi connectivity index (χ0) is 11.5. The molecule has 16 heavy (non-hydrogen) atoms. The molecule has 6 nitrogen and oxygen atoms in total. The number of hydrogen-bond donors (Lipinski definition) is 1. The van der Waals surface area contributed by atoms with Crippen LogP contribution in [0.2, 0.25) is 0 Å². The van der Waals surface area contributed by atoms with Gasteiger partial charge < -0.3 is 9.84 Å². The predicted octanol–water partition coefficient (Wildman–Crippen LogP) is 0.974. The molecule has 0 saturated carbocycles. The number of benzene rings is 1. The first-order valence-corrected chi connectivity index (χ1v) is 4.50. The molecule has 82 valence electrons. The molecular formula is C10H9N3O3. The fourth-order valence-corrected chi connectivity index (χ4v) is 1.32. The quantitative estimate of drug-likeness (QED) is 0.832. The fourth-order valence-electron chi connectivity index (χ4n) is 1.32. The summed E-state index contributed by atoms with van der Waals surface area (Å²) in [6, 6.07) is 4.61. The van der Waals surface area contributed by atoms with E-state index in [1.807, 2.05) is 0 Å². The Morgan fingerprint density at radius 2 is 2.06 bits per heavy atom. The van der Waals surface area contributed by atoms with Crippen LogP contribution < -0.4 is 4.74 Å². The lowest BCUT2D eigenvalue weighted by Crippen LogP contribution is -2.08. The standard InChI is InChI=1S/C10H9N3O3/c1-16-7-2-3-8(10(14)15)9(6-7)13-11-4-5-12-13/h2-6H,1H3,(H,14,15). The first kappa shape index (κ1) is 10.2. The first-order chi connectivity index (χ1) is 7.72.